The molecule has 98 valence electrons. The van der Waals surface area contributed by atoms with E-state index < -0.39 is 0 Å². The first kappa shape index (κ1) is 14.6. The normalized spacial score (nSPS) is 9.83. The molecule has 0 saturated carbocycles. The third-order valence-corrected chi connectivity index (χ3v) is 3.14. The van der Waals surface area contributed by atoms with E-state index in [4.69, 9.17) is 0 Å². The number of hydrogen-bond donors (Lipinski definition) is 2. The average Bonchev–Trinajstić information content (AvgIpc) is 2.41. The lowest BCUT2D eigenvalue weighted by atomic mass is 10.4. The lowest BCUT2D eigenvalue weighted by Crippen LogP contribution is -2.37. The summed E-state index contributed by atoms with van der Waals surface area (Å²) in [7, 11) is 0. The molecule has 0 heterocycles. The number of carbonyl (C=O) groups is 2. The third-order valence-electron chi connectivity index (χ3n) is 2.13. The first-order valence-electron chi connectivity index (χ1n) is 5.93. The van der Waals surface area contributed by atoms with Gasteiger partial charge < -0.3 is 10.6 Å². The Morgan fingerprint density at radius 1 is 1.11 bits per heavy atom. The van der Waals surface area contributed by atoms with Crippen molar-refractivity contribution in [3.8, 4) is 0 Å². The van der Waals surface area contributed by atoms with Gasteiger partial charge in [0.1, 0.15) is 0 Å². The lowest BCUT2D eigenvalue weighted by Gasteiger charge is -2.05. The predicted molar refractivity (Wildman–Crippen MR) is 73.5 cm³/mol. The number of rotatable bonds is 7. The van der Waals surface area contributed by atoms with Crippen molar-refractivity contribution in [3.63, 3.8) is 0 Å². The topological polar surface area (TPSA) is 58.2 Å². The number of hydrogen-bond acceptors (Lipinski definition) is 3. The highest BCUT2D eigenvalue weighted by molar-refractivity contribution is 8.00. The van der Waals surface area contributed by atoms with E-state index in [1.165, 1.54) is 11.8 Å². The van der Waals surface area contributed by atoms with Crippen LogP contribution in [0.2, 0.25) is 0 Å². The van der Waals surface area contributed by atoms with E-state index in [0.717, 1.165) is 11.3 Å². The number of benzene rings is 1. The van der Waals surface area contributed by atoms with Crippen LogP contribution in [0.25, 0.3) is 0 Å². The molecule has 2 amide bonds. The van der Waals surface area contributed by atoms with Gasteiger partial charge in [-0.3, -0.25) is 9.59 Å². The zero-order valence-corrected chi connectivity index (χ0v) is 11.3. The van der Waals surface area contributed by atoms with E-state index in [2.05, 4.69) is 10.6 Å². The Hall–Kier alpha value is -1.49. The first-order chi connectivity index (χ1) is 8.72. The van der Waals surface area contributed by atoms with Crippen LogP contribution in [0, 0.1) is 0 Å². The fraction of sp³-hybridized carbons (Fsp3) is 0.385. The van der Waals surface area contributed by atoms with Gasteiger partial charge in [0, 0.05) is 11.4 Å². The molecule has 0 radical (unpaired) electrons. The van der Waals surface area contributed by atoms with E-state index in [1.54, 1.807) is 0 Å². The van der Waals surface area contributed by atoms with Crippen LogP contribution in [0.1, 0.15) is 13.3 Å². The fourth-order valence-corrected chi connectivity index (χ4v) is 1.97. The fourth-order valence-electron chi connectivity index (χ4n) is 1.22. The predicted octanol–water partition coefficient (Wildman–Crippen LogP) is 1.42. The van der Waals surface area contributed by atoms with Crippen molar-refractivity contribution >= 4 is 23.6 Å². The SMILES string of the molecule is CCCNC(=O)CNC(=O)CSc1ccccc1. The van der Waals surface area contributed by atoms with Crippen molar-refractivity contribution in [2.24, 2.45) is 0 Å². The molecule has 18 heavy (non-hydrogen) atoms. The van der Waals surface area contributed by atoms with Crippen LogP contribution in [0.4, 0.5) is 0 Å². The van der Waals surface area contributed by atoms with Crippen LogP contribution in [0.15, 0.2) is 35.2 Å². The van der Waals surface area contributed by atoms with Gasteiger partial charge in [-0.25, -0.2) is 0 Å². The molecule has 5 heteroatoms. The maximum Gasteiger partial charge on any atom is 0.239 e. The summed E-state index contributed by atoms with van der Waals surface area (Å²) in [4.78, 5) is 23.8. The molecule has 2 N–H and O–H groups in total. The smallest absolute Gasteiger partial charge is 0.239 e. The maximum absolute atomic E-state index is 11.5. The van der Waals surface area contributed by atoms with Gasteiger partial charge in [0.15, 0.2) is 0 Å². The molecule has 0 aliphatic carbocycles. The quantitative estimate of drug-likeness (QED) is 0.734. The van der Waals surface area contributed by atoms with Crippen LogP contribution < -0.4 is 10.6 Å². The highest BCUT2D eigenvalue weighted by Crippen LogP contribution is 2.15. The number of thioether (sulfide) groups is 1. The van der Waals surface area contributed by atoms with Gasteiger partial charge in [0.2, 0.25) is 11.8 Å². The molecule has 0 bridgehead atoms. The van der Waals surface area contributed by atoms with Gasteiger partial charge in [-0.15, -0.1) is 11.8 Å². The van der Waals surface area contributed by atoms with E-state index in [9.17, 15) is 9.59 Å². The van der Waals surface area contributed by atoms with E-state index in [0.29, 0.717) is 12.3 Å². The minimum absolute atomic E-state index is 0.0498. The van der Waals surface area contributed by atoms with Crippen molar-refractivity contribution in [1.29, 1.82) is 0 Å². The Kier molecular flexibility index (Phi) is 6.94. The van der Waals surface area contributed by atoms with Crippen molar-refractivity contribution in [2.45, 2.75) is 18.2 Å². The Morgan fingerprint density at radius 2 is 1.83 bits per heavy atom. The second-order valence-electron chi connectivity index (χ2n) is 3.73. The molecule has 0 unspecified atom stereocenters. The third kappa shape index (κ3) is 6.30. The second-order valence-corrected chi connectivity index (χ2v) is 4.78. The standard InChI is InChI=1S/C13H18N2O2S/c1-2-8-14-12(16)9-15-13(17)10-18-11-6-4-3-5-7-11/h3-7H,2,8-10H2,1H3,(H,14,16)(H,15,17). The molecule has 0 aromatic heterocycles. The molecule has 1 rings (SSSR count). The van der Waals surface area contributed by atoms with Gasteiger partial charge in [0.25, 0.3) is 0 Å². The Bertz CT molecular complexity index is 382. The van der Waals surface area contributed by atoms with Crippen molar-refractivity contribution < 1.29 is 9.59 Å². The monoisotopic (exact) mass is 266 g/mol. The van der Waals surface area contributed by atoms with Crippen LogP contribution >= 0.6 is 11.8 Å². The van der Waals surface area contributed by atoms with Crippen LogP contribution in [0.3, 0.4) is 0 Å². The Morgan fingerprint density at radius 3 is 2.50 bits per heavy atom. The second kappa shape index (κ2) is 8.58. The number of nitrogens with one attached hydrogen (secondary N) is 2. The van der Waals surface area contributed by atoms with Crippen LogP contribution in [0.5, 0.6) is 0 Å². The van der Waals surface area contributed by atoms with Gasteiger partial charge in [-0.05, 0) is 18.6 Å². The average molecular weight is 266 g/mol. The minimum atomic E-state index is -0.144. The highest BCUT2D eigenvalue weighted by atomic mass is 32.2. The Balaban J connectivity index is 2.16. The molecular weight excluding hydrogens is 248 g/mol. The highest BCUT2D eigenvalue weighted by Gasteiger charge is 2.05. The summed E-state index contributed by atoms with van der Waals surface area (Å²) < 4.78 is 0. The van der Waals surface area contributed by atoms with Gasteiger partial charge >= 0.3 is 0 Å². The molecular formula is C13H18N2O2S. The molecule has 1 aromatic carbocycles. The molecule has 0 spiro atoms. The van der Waals surface area contributed by atoms with Crippen molar-refractivity contribution in [1.82, 2.24) is 10.6 Å². The number of amides is 2. The van der Waals surface area contributed by atoms with E-state index >= 15 is 0 Å². The summed E-state index contributed by atoms with van der Waals surface area (Å²) in [6.45, 7) is 2.68. The molecule has 0 saturated heterocycles. The molecule has 0 fully saturated rings. The van der Waals surface area contributed by atoms with Gasteiger partial charge in [-0.1, -0.05) is 25.1 Å². The molecule has 0 aliphatic heterocycles. The molecule has 0 aliphatic rings. The summed E-state index contributed by atoms with van der Waals surface area (Å²) in [5.74, 6) is 0.0517. The largest absolute Gasteiger partial charge is 0.355 e. The summed E-state index contributed by atoms with van der Waals surface area (Å²) in [5, 5.41) is 5.29. The van der Waals surface area contributed by atoms with E-state index in [1.807, 2.05) is 37.3 Å². The molecule has 0 atom stereocenters. The minimum Gasteiger partial charge on any atom is -0.355 e. The molecule has 1 aromatic rings. The van der Waals surface area contributed by atoms with Gasteiger partial charge in [0.05, 0.1) is 12.3 Å². The summed E-state index contributed by atoms with van der Waals surface area (Å²) >= 11 is 1.45. The van der Waals surface area contributed by atoms with E-state index in [-0.39, 0.29) is 18.4 Å². The van der Waals surface area contributed by atoms with Crippen LogP contribution in [-0.4, -0.2) is 30.7 Å². The summed E-state index contributed by atoms with van der Waals surface area (Å²) in [5.41, 5.74) is 0. The van der Waals surface area contributed by atoms with Gasteiger partial charge in [-0.2, -0.15) is 0 Å². The summed E-state index contributed by atoms with van der Waals surface area (Å²) in [6.07, 6.45) is 0.892. The zero-order chi connectivity index (χ0) is 13.2. The van der Waals surface area contributed by atoms with Crippen molar-refractivity contribution in [2.75, 3.05) is 18.8 Å². The maximum atomic E-state index is 11.5. The molecule has 4 nitrogen and oxygen atoms in total. The number of carbonyl (C=O) groups excluding carboxylic acids is 2. The van der Waals surface area contributed by atoms with Crippen LogP contribution in [-0.2, 0) is 9.59 Å². The van der Waals surface area contributed by atoms with Crippen molar-refractivity contribution in [3.05, 3.63) is 30.3 Å². The zero-order valence-electron chi connectivity index (χ0n) is 10.4. The lowest BCUT2D eigenvalue weighted by molar-refractivity contribution is -0.124. The Labute approximate surface area is 112 Å². The summed E-state index contributed by atoms with van der Waals surface area (Å²) in [6, 6.07) is 9.69. The first-order valence-corrected chi connectivity index (χ1v) is 6.92.